The molecule has 264 valence electrons. The van der Waals surface area contributed by atoms with Crippen molar-refractivity contribution < 1.29 is 48.1 Å². The van der Waals surface area contributed by atoms with Crippen LogP contribution in [0.5, 0.6) is 0 Å². The fourth-order valence-corrected chi connectivity index (χ4v) is 8.65. The molecule has 2 aromatic heterocycles. The fraction of sp³-hybridized carbons (Fsp3) is 0.182. The van der Waals surface area contributed by atoms with Gasteiger partial charge in [-0.25, -0.2) is 0 Å². The number of hydrogen-bond acceptors (Lipinski definition) is 2. The third-order valence-electron chi connectivity index (χ3n) is 9.04. The van der Waals surface area contributed by atoms with Gasteiger partial charge in [0.1, 0.15) is 0 Å². The first kappa shape index (κ1) is 41.8. The summed E-state index contributed by atoms with van der Waals surface area (Å²) >= 11 is 1.74. The van der Waals surface area contributed by atoms with E-state index in [0.717, 1.165) is 11.0 Å². The minimum absolute atomic E-state index is 0. The van der Waals surface area contributed by atoms with Crippen LogP contribution in [0.25, 0.3) is 65.6 Å². The van der Waals surface area contributed by atoms with Gasteiger partial charge in [0.2, 0.25) is 0 Å². The third kappa shape index (κ3) is 9.76. The average Bonchev–Trinajstić information content (AvgIpc) is 3.72. The zero-order chi connectivity index (χ0) is 35.6. The number of pyridine rings is 2. The van der Waals surface area contributed by atoms with Crippen molar-refractivity contribution in [2.24, 2.45) is 0 Å². The molecule has 52 heavy (non-hydrogen) atoms. The average molecular weight is 849 g/mol. The zero-order valence-corrected chi connectivity index (χ0v) is 38.3. The predicted octanol–water partition coefficient (Wildman–Crippen LogP) is 5.43. The van der Waals surface area contributed by atoms with Crippen molar-refractivity contribution in [2.75, 3.05) is 0 Å². The van der Waals surface area contributed by atoms with Crippen LogP contribution in [0, 0.1) is 0 Å². The molecule has 0 atom stereocenters. The SMILES string of the molecule is C[Si](C)(C)c1cc2ccc(-c3cccc4cccnc34)cc2[cH-]1.C[Si](C)(C)c1cc2ccc(-c3cccc4cccnc34)cc2[cH-]1.C[Si](C)=[Zr+2].[Cl-].[Cl-]. The van der Waals surface area contributed by atoms with E-state index in [1.165, 1.54) is 64.9 Å². The van der Waals surface area contributed by atoms with E-state index in [9.17, 15) is 0 Å². The van der Waals surface area contributed by atoms with E-state index in [0.29, 0.717) is 0 Å². The summed E-state index contributed by atoms with van der Waals surface area (Å²) < 4.78 is 0. The Balaban J connectivity index is 0.000000204. The van der Waals surface area contributed by atoms with Gasteiger partial charge in [0.25, 0.3) is 0 Å². The fourth-order valence-electron chi connectivity index (χ4n) is 6.29. The second kappa shape index (κ2) is 17.5. The van der Waals surface area contributed by atoms with Crippen LogP contribution in [0.15, 0.2) is 134 Å². The molecule has 0 saturated carbocycles. The monoisotopic (exact) mass is 846 g/mol. The van der Waals surface area contributed by atoms with Crippen LogP contribution in [0.1, 0.15) is 0 Å². The van der Waals surface area contributed by atoms with E-state index in [2.05, 4.69) is 172 Å². The maximum absolute atomic E-state index is 4.59. The van der Waals surface area contributed by atoms with Crippen molar-refractivity contribution in [1.29, 1.82) is 0 Å². The Morgan fingerprint density at radius 1 is 0.500 bits per heavy atom. The van der Waals surface area contributed by atoms with E-state index in [1.807, 2.05) is 24.5 Å². The minimum atomic E-state index is -1.27. The molecule has 0 N–H and O–H groups in total. The first-order valence-electron chi connectivity index (χ1n) is 17.4. The zero-order valence-electron chi connectivity index (χ0n) is 31.4. The molecule has 0 amide bonds. The van der Waals surface area contributed by atoms with Gasteiger partial charge < -0.3 is 24.8 Å². The van der Waals surface area contributed by atoms with Crippen LogP contribution in [-0.2, 0) is 23.3 Å². The molecule has 0 spiro atoms. The number of benzene rings is 4. The van der Waals surface area contributed by atoms with Crippen molar-refractivity contribution in [2.45, 2.75) is 52.4 Å². The molecule has 0 fully saturated rings. The van der Waals surface area contributed by atoms with Gasteiger partial charge in [-0.15, -0.1) is 68.3 Å². The van der Waals surface area contributed by atoms with Gasteiger partial charge >= 0.3 is 41.9 Å². The summed E-state index contributed by atoms with van der Waals surface area (Å²) in [6.07, 6.45) is 3.74. The van der Waals surface area contributed by atoms with Crippen molar-refractivity contribution >= 4 is 75.3 Å². The van der Waals surface area contributed by atoms with Crippen LogP contribution >= 0.6 is 0 Å². The van der Waals surface area contributed by atoms with Gasteiger partial charge in [-0.3, -0.25) is 9.97 Å². The maximum atomic E-state index is 4.59. The molecule has 2 heterocycles. The first-order chi connectivity index (χ1) is 23.8. The van der Waals surface area contributed by atoms with Crippen molar-refractivity contribution in [1.82, 2.24) is 9.97 Å². The number of halogens is 2. The molecule has 0 radical (unpaired) electrons. The summed E-state index contributed by atoms with van der Waals surface area (Å²) in [7, 11) is -2.54. The predicted molar refractivity (Wildman–Crippen MR) is 224 cm³/mol. The Hall–Kier alpha value is -2.97. The molecule has 0 aliphatic rings. The molecule has 0 saturated heterocycles. The van der Waals surface area contributed by atoms with Gasteiger partial charge in [0.05, 0.1) is 27.2 Å². The maximum Gasteiger partial charge on any atom is -1.00 e. The first-order valence-corrected chi connectivity index (χ1v) is 30.6. The van der Waals surface area contributed by atoms with Gasteiger partial charge in [-0.05, 0) is 23.3 Å². The molecule has 0 unspecified atom stereocenters. The van der Waals surface area contributed by atoms with Crippen LogP contribution in [0.2, 0.25) is 52.4 Å². The summed E-state index contributed by atoms with van der Waals surface area (Å²) in [5, 5.41) is 10.8. The third-order valence-corrected chi connectivity index (χ3v) is 13.1. The molecule has 8 heteroatoms. The normalized spacial score (nSPS) is 11.3. The molecule has 0 aliphatic carbocycles. The summed E-state index contributed by atoms with van der Waals surface area (Å²) in [6.45, 7) is 19.0. The van der Waals surface area contributed by atoms with Gasteiger partial charge in [-0.2, -0.15) is 12.1 Å². The summed E-state index contributed by atoms with van der Waals surface area (Å²) in [4.78, 5) is 9.18. The molecule has 0 bridgehead atoms. The quantitative estimate of drug-likeness (QED) is 0.175. The largest absolute Gasteiger partial charge is 1.00 e. The number of aromatic nitrogens is 2. The van der Waals surface area contributed by atoms with Gasteiger partial charge in [-0.1, -0.05) is 111 Å². The Bertz CT molecular complexity index is 2290. The van der Waals surface area contributed by atoms with Crippen molar-refractivity contribution in [3.05, 3.63) is 134 Å². The number of rotatable bonds is 4. The Kier molecular flexibility index (Phi) is 14.0. The molecular weight excluding hydrogens is 803 g/mol. The molecule has 2 nitrogen and oxygen atoms in total. The van der Waals surface area contributed by atoms with E-state index in [4.69, 9.17) is 0 Å². The molecule has 8 aromatic rings. The summed E-state index contributed by atoms with van der Waals surface area (Å²) in [5.74, 6) is 0. The summed E-state index contributed by atoms with van der Waals surface area (Å²) in [5.41, 5.74) is 7.27. The van der Waals surface area contributed by atoms with E-state index >= 15 is 0 Å². The number of para-hydroxylation sites is 2. The Morgan fingerprint density at radius 3 is 1.23 bits per heavy atom. The van der Waals surface area contributed by atoms with Crippen LogP contribution < -0.4 is 35.2 Å². The minimum Gasteiger partial charge on any atom is -1.00 e. The Morgan fingerprint density at radius 2 is 0.865 bits per heavy atom. The second-order valence-corrected chi connectivity index (χ2v) is 35.0. The molecule has 0 aliphatic heterocycles. The number of nitrogens with zero attached hydrogens (tertiary/aromatic N) is 2. The standard InChI is InChI=1S/2C21H20NSi.C2H6Si.2ClH.Zr/c2*1-23(2,3)19-13-16-9-10-17(12-18(16)14-19)20-8-4-6-15-7-5-11-22-21(15)20;1-3-2;;;/h2*4-14H,1-3H3;1-2H3;2*1H;/q2*-1;;;;+2/p-2. The van der Waals surface area contributed by atoms with Crippen LogP contribution in [0.3, 0.4) is 0 Å². The second-order valence-electron chi connectivity index (χ2n) is 15.4. The summed E-state index contributed by atoms with van der Waals surface area (Å²) in [6, 6.07) is 44.1. The van der Waals surface area contributed by atoms with Crippen LogP contribution in [-0.4, -0.2) is 31.5 Å². The van der Waals surface area contributed by atoms with Crippen molar-refractivity contribution in [3.63, 3.8) is 0 Å². The molecular formula is C44H46Cl2N2Si3Zr-2. The van der Waals surface area contributed by atoms with Gasteiger partial charge in [0.15, 0.2) is 0 Å². The van der Waals surface area contributed by atoms with Crippen LogP contribution in [0.4, 0.5) is 0 Å². The van der Waals surface area contributed by atoms with Gasteiger partial charge in [0, 0.05) is 23.2 Å². The van der Waals surface area contributed by atoms with E-state index < -0.39 is 16.1 Å². The number of fused-ring (bicyclic) bond motifs is 4. The molecule has 6 aromatic carbocycles. The molecule has 8 rings (SSSR count). The topological polar surface area (TPSA) is 25.8 Å². The number of hydrogen-bond donors (Lipinski definition) is 0. The van der Waals surface area contributed by atoms with E-state index in [-0.39, 0.29) is 30.2 Å². The van der Waals surface area contributed by atoms with E-state index in [1.54, 1.807) is 23.3 Å². The smallest absolute Gasteiger partial charge is 1.00 e. The Labute approximate surface area is 339 Å². The van der Waals surface area contributed by atoms with Crippen molar-refractivity contribution in [3.8, 4) is 22.3 Å².